The molecule has 0 unspecified atom stereocenters. The van der Waals surface area contributed by atoms with Crippen molar-refractivity contribution in [1.29, 1.82) is 0 Å². The highest BCUT2D eigenvalue weighted by molar-refractivity contribution is 5.94. The molecule has 3 rings (SSSR count). The molecule has 0 radical (unpaired) electrons. The number of carbonyl (C=O) groups is 1. The van der Waals surface area contributed by atoms with Gasteiger partial charge in [-0.15, -0.1) is 0 Å². The molecule has 2 aromatic rings. The zero-order valence-corrected chi connectivity index (χ0v) is 15.2. The maximum atomic E-state index is 12.5. The lowest BCUT2D eigenvalue weighted by Gasteiger charge is -2.34. The Kier molecular flexibility index (Phi) is 5.95. The van der Waals surface area contributed by atoms with Gasteiger partial charge in [0.25, 0.3) is 17.3 Å². The van der Waals surface area contributed by atoms with Crippen LogP contribution < -0.4 is 0 Å². The van der Waals surface area contributed by atoms with Gasteiger partial charge in [-0.3, -0.25) is 29.9 Å². The van der Waals surface area contributed by atoms with Crippen LogP contribution in [0.1, 0.15) is 15.9 Å². The average molecular weight is 384 g/mol. The number of piperazine rings is 1. The summed E-state index contributed by atoms with van der Waals surface area (Å²) in [7, 11) is 0. The van der Waals surface area contributed by atoms with E-state index in [9.17, 15) is 25.0 Å². The number of amides is 1. The minimum absolute atomic E-state index is 0.0346. The van der Waals surface area contributed by atoms with Crippen LogP contribution in [0.5, 0.6) is 0 Å². The standard InChI is InChI=1S/C19H20N4O5/c24-19(16-3-7-18(8-4-16)23(27)28)21-13-11-20(12-14-21)10-9-15-1-5-17(6-2-15)22(25)26/h1-8H,9-14H2. The van der Waals surface area contributed by atoms with E-state index >= 15 is 0 Å². The Morgan fingerprint density at radius 2 is 1.32 bits per heavy atom. The van der Waals surface area contributed by atoms with Crippen LogP contribution in [0.4, 0.5) is 11.4 Å². The highest BCUT2D eigenvalue weighted by Crippen LogP contribution is 2.16. The fourth-order valence-electron chi connectivity index (χ4n) is 3.15. The molecule has 146 valence electrons. The number of non-ortho nitro benzene ring substituents is 2. The van der Waals surface area contributed by atoms with Crippen molar-refractivity contribution in [2.24, 2.45) is 0 Å². The van der Waals surface area contributed by atoms with Gasteiger partial charge in [0, 0.05) is 62.6 Å². The fraction of sp³-hybridized carbons (Fsp3) is 0.316. The number of hydrogen-bond acceptors (Lipinski definition) is 6. The van der Waals surface area contributed by atoms with Gasteiger partial charge in [0.15, 0.2) is 0 Å². The maximum absolute atomic E-state index is 12.5. The molecule has 9 heteroatoms. The summed E-state index contributed by atoms with van der Waals surface area (Å²) in [6.07, 6.45) is 0.786. The number of carbonyl (C=O) groups excluding carboxylic acids is 1. The molecule has 28 heavy (non-hydrogen) atoms. The summed E-state index contributed by atoms with van der Waals surface area (Å²) >= 11 is 0. The fourth-order valence-corrected chi connectivity index (χ4v) is 3.15. The minimum Gasteiger partial charge on any atom is -0.336 e. The van der Waals surface area contributed by atoms with Crippen LogP contribution >= 0.6 is 0 Å². The van der Waals surface area contributed by atoms with Crippen LogP contribution in [0.3, 0.4) is 0 Å². The summed E-state index contributed by atoms with van der Waals surface area (Å²) < 4.78 is 0. The molecule has 0 bridgehead atoms. The van der Waals surface area contributed by atoms with Crippen LogP contribution in [-0.2, 0) is 6.42 Å². The molecule has 1 heterocycles. The Labute approximate surface area is 161 Å². The molecule has 1 aliphatic heterocycles. The molecule has 9 nitrogen and oxygen atoms in total. The second-order valence-electron chi connectivity index (χ2n) is 6.61. The van der Waals surface area contributed by atoms with E-state index in [4.69, 9.17) is 0 Å². The van der Waals surface area contributed by atoms with Crippen molar-refractivity contribution in [3.8, 4) is 0 Å². The van der Waals surface area contributed by atoms with E-state index in [0.29, 0.717) is 18.7 Å². The predicted octanol–water partition coefficient (Wildman–Crippen LogP) is 2.50. The Bertz CT molecular complexity index is 859. The topological polar surface area (TPSA) is 110 Å². The molecule has 1 aliphatic rings. The normalized spacial score (nSPS) is 14.6. The third-order valence-corrected chi connectivity index (χ3v) is 4.85. The Hall–Kier alpha value is -3.33. The van der Waals surface area contributed by atoms with Crippen molar-refractivity contribution in [2.45, 2.75) is 6.42 Å². The van der Waals surface area contributed by atoms with Crippen LogP contribution in [-0.4, -0.2) is 58.3 Å². The van der Waals surface area contributed by atoms with Gasteiger partial charge >= 0.3 is 0 Å². The number of nitrogens with zero attached hydrogens (tertiary/aromatic N) is 4. The lowest BCUT2D eigenvalue weighted by molar-refractivity contribution is -0.385. The molecule has 0 N–H and O–H groups in total. The van der Waals surface area contributed by atoms with Gasteiger partial charge in [-0.25, -0.2) is 0 Å². The molecule has 1 saturated heterocycles. The Morgan fingerprint density at radius 1 is 0.821 bits per heavy atom. The summed E-state index contributed by atoms with van der Waals surface area (Å²) in [5, 5.41) is 21.4. The van der Waals surface area contributed by atoms with E-state index in [2.05, 4.69) is 4.90 Å². The summed E-state index contributed by atoms with van der Waals surface area (Å²) in [6, 6.07) is 12.2. The van der Waals surface area contributed by atoms with Gasteiger partial charge in [0.2, 0.25) is 0 Å². The molecule has 0 aromatic heterocycles. The smallest absolute Gasteiger partial charge is 0.269 e. The first-order valence-electron chi connectivity index (χ1n) is 8.93. The van der Waals surface area contributed by atoms with Gasteiger partial charge in [-0.05, 0) is 24.1 Å². The van der Waals surface area contributed by atoms with Gasteiger partial charge in [-0.1, -0.05) is 12.1 Å². The molecular weight excluding hydrogens is 364 g/mol. The van der Waals surface area contributed by atoms with Crippen LogP contribution in [0, 0.1) is 20.2 Å². The molecule has 0 spiro atoms. The molecule has 0 atom stereocenters. The number of nitro benzene ring substituents is 2. The first-order chi connectivity index (χ1) is 13.4. The highest BCUT2D eigenvalue weighted by Gasteiger charge is 2.22. The number of nitro groups is 2. The largest absolute Gasteiger partial charge is 0.336 e. The molecule has 0 saturated carbocycles. The zero-order chi connectivity index (χ0) is 20.1. The second-order valence-corrected chi connectivity index (χ2v) is 6.61. The SMILES string of the molecule is O=C(c1ccc([N+](=O)[O-])cc1)N1CCN(CCc2ccc([N+](=O)[O-])cc2)CC1. The number of hydrogen-bond donors (Lipinski definition) is 0. The summed E-state index contributed by atoms with van der Waals surface area (Å²) in [5.41, 5.74) is 1.54. The lowest BCUT2D eigenvalue weighted by atomic mass is 10.1. The van der Waals surface area contributed by atoms with Gasteiger partial charge in [0.1, 0.15) is 0 Å². The van der Waals surface area contributed by atoms with Crippen molar-refractivity contribution in [1.82, 2.24) is 9.80 Å². The molecule has 0 aliphatic carbocycles. The van der Waals surface area contributed by atoms with Crippen molar-refractivity contribution in [3.05, 3.63) is 79.9 Å². The van der Waals surface area contributed by atoms with Gasteiger partial charge in [-0.2, -0.15) is 0 Å². The molecular formula is C19H20N4O5. The average Bonchev–Trinajstić information content (AvgIpc) is 2.72. The first-order valence-corrected chi connectivity index (χ1v) is 8.93. The van der Waals surface area contributed by atoms with Crippen LogP contribution in [0.15, 0.2) is 48.5 Å². The summed E-state index contributed by atoms with van der Waals surface area (Å²) in [5.74, 6) is -0.120. The molecule has 1 amide bonds. The quantitative estimate of drug-likeness (QED) is 0.559. The zero-order valence-electron chi connectivity index (χ0n) is 15.2. The van der Waals surface area contributed by atoms with Crippen molar-refractivity contribution < 1.29 is 14.6 Å². The molecule has 1 fully saturated rings. The summed E-state index contributed by atoms with van der Waals surface area (Å²) in [4.78, 5) is 37.0. The minimum atomic E-state index is -0.488. The van der Waals surface area contributed by atoms with Crippen LogP contribution in [0.2, 0.25) is 0 Å². The number of rotatable bonds is 6. The Balaban J connectivity index is 1.47. The number of benzene rings is 2. The third-order valence-electron chi connectivity index (χ3n) is 4.85. The predicted molar refractivity (Wildman–Crippen MR) is 102 cm³/mol. The van der Waals surface area contributed by atoms with Crippen molar-refractivity contribution in [2.75, 3.05) is 32.7 Å². The monoisotopic (exact) mass is 384 g/mol. The molecule has 2 aromatic carbocycles. The highest BCUT2D eigenvalue weighted by atomic mass is 16.6. The second kappa shape index (κ2) is 8.57. The van der Waals surface area contributed by atoms with E-state index in [-0.39, 0.29) is 17.3 Å². The van der Waals surface area contributed by atoms with E-state index in [1.165, 1.54) is 36.4 Å². The maximum Gasteiger partial charge on any atom is 0.269 e. The van der Waals surface area contributed by atoms with E-state index in [1.54, 1.807) is 17.0 Å². The Morgan fingerprint density at radius 3 is 1.82 bits per heavy atom. The van der Waals surface area contributed by atoms with Gasteiger partial charge < -0.3 is 4.90 Å². The van der Waals surface area contributed by atoms with E-state index in [0.717, 1.165) is 31.6 Å². The van der Waals surface area contributed by atoms with Crippen molar-refractivity contribution in [3.63, 3.8) is 0 Å². The van der Waals surface area contributed by atoms with E-state index in [1.807, 2.05) is 0 Å². The van der Waals surface area contributed by atoms with E-state index < -0.39 is 9.85 Å². The first kappa shape index (κ1) is 19.4. The third kappa shape index (κ3) is 4.68. The van der Waals surface area contributed by atoms with Crippen LogP contribution in [0.25, 0.3) is 0 Å². The summed E-state index contributed by atoms with van der Waals surface area (Å²) in [6.45, 7) is 3.49. The van der Waals surface area contributed by atoms with Crippen molar-refractivity contribution >= 4 is 17.3 Å². The lowest BCUT2D eigenvalue weighted by Crippen LogP contribution is -2.49. The van der Waals surface area contributed by atoms with Gasteiger partial charge in [0.05, 0.1) is 9.85 Å².